The number of halogens is 2. The van der Waals surface area contributed by atoms with Crippen LogP contribution in [-0.4, -0.2) is 39.6 Å². The van der Waals surface area contributed by atoms with Crippen LogP contribution in [0, 0.1) is 0 Å². The van der Waals surface area contributed by atoms with Crippen molar-refractivity contribution in [3.8, 4) is 0 Å². The fourth-order valence-corrected chi connectivity index (χ4v) is 4.75. The van der Waals surface area contributed by atoms with Crippen molar-refractivity contribution in [3.63, 3.8) is 0 Å². The third-order valence-electron chi connectivity index (χ3n) is 4.55. The highest BCUT2D eigenvalue weighted by Gasteiger charge is 2.21. The topological polar surface area (TPSA) is 62.3 Å². The number of pyridine rings is 1. The quantitative estimate of drug-likeness (QED) is 0.697. The lowest BCUT2D eigenvalue weighted by molar-refractivity contribution is 0.590. The zero-order valence-electron chi connectivity index (χ0n) is 14.4. The van der Waals surface area contributed by atoms with Crippen LogP contribution < -0.4 is 10.2 Å². The lowest BCUT2D eigenvalue weighted by Gasteiger charge is -2.30. The van der Waals surface area contributed by atoms with Crippen LogP contribution in [0.4, 0.5) is 5.69 Å². The predicted molar refractivity (Wildman–Crippen MR) is 111 cm³/mol. The van der Waals surface area contributed by atoms with Crippen molar-refractivity contribution >= 4 is 50.4 Å². The van der Waals surface area contributed by atoms with Gasteiger partial charge in [0.1, 0.15) is 0 Å². The van der Waals surface area contributed by atoms with Gasteiger partial charge in [0.25, 0.3) is 0 Å². The number of nitrogens with one attached hydrogen (secondary N) is 1. The minimum atomic E-state index is -3.60. The summed E-state index contributed by atoms with van der Waals surface area (Å²) in [7, 11) is -3.60. The molecule has 0 saturated carbocycles. The first kappa shape index (κ1) is 19.9. The van der Waals surface area contributed by atoms with Crippen LogP contribution in [0.5, 0.6) is 0 Å². The Kier molecular flexibility index (Phi) is 5.91. The Balaban J connectivity index is 0.00000210. The van der Waals surface area contributed by atoms with Crippen molar-refractivity contribution in [3.05, 3.63) is 59.8 Å². The molecule has 5 nitrogen and oxygen atoms in total. The molecule has 2 heterocycles. The summed E-state index contributed by atoms with van der Waals surface area (Å²) >= 11 is 6.44. The number of anilines is 1. The molecule has 3 aromatic rings. The number of hydrogen-bond donors (Lipinski definition) is 1. The number of fused-ring (bicyclic) bond motifs is 1. The lowest BCUT2D eigenvalue weighted by Crippen LogP contribution is -2.43. The minimum absolute atomic E-state index is 0. The fraction of sp³-hybridized carbons (Fsp3) is 0.211. The highest BCUT2D eigenvalue weighted by Crippen LogP contribution is 2.34. The highest BCUT2D eigenvalue weighted by atomic mass is 35.5. The molecule has 1 saturated heterocycles. The standard InChI is InChI=1S/C19H18ClN3O2S.ClH/c20-17-7-6-14-12-16(26(24,25)15-4-2-1-3-5-15)13-22-18(14)19(17)23-10-8-21-9-11-23;/h1-7,12-13,21H,8-11H2;1H. The average Bonchev–Trinajstić information content (AvgIpc) is 2.69. The van der Waals surface area contributed by atoms with Gasteiger partial charge in [-0.25, -0.2) is 8.42 Å². The number of sulfone groups is 1. The molecule has 0 atom stereocenters. The molecular weight excluding hydrogens is 405 g/mol. The van der Waals surface area contributed by atoms with Crippen molar-refractivity contribution in [1.82, 2.24) is 10.3 Å². The Morgan fingerprint density at radius 3 is 2.41 bits per heavy atom. The van der Waals surface area contributed by atoms with Gasteiger partial charge in [-0.05, 0) is 24.3 Å². The van der Waals surface area contributed by atoms with E-state index < -0.39 is 9.84 Å². The Labute approximate surface area is 169 Å². The van der Waals surface area contributed by atoms with E-state index >= 15 is 0 Å². The van der Waals surface area contributed by atoms with E-state index in [1.165, 1.54) is 6.20 Å². The number of nitrogens with zero attached hydrogens (tertiary/aromatic N) is 2. The number of hydrogen-bond acceptors (Lipinski definition) is 5. The predicted octanol–water partition coefficient (Wildman–Crippen LogP) is 3.55. The van der Waals surface area contributed by atoms with Gasteiger partial charge in [0.2, 0.25) is 9.84 Å². The number of rotatable bonds is 3. The average molecular weight is 424 g/mol. The van der Waals surface area contributed by atoms with E-state index in [1.807, 2.05) is 12.1 Å². The molecule has 1 aliphatic rings. The molecule has 0 spiro atoms. The molecule has 1 aromatic heterocycles. The third kappa shape index (κ3) is 3.75. The van der Waals surface area contributed by atoms with Gasteiger partial charge in [-0.15, -0.1) is 12.4 Å². The molecule has 0 unspecified atom stereocenters. The minimum Gasteiger partial charge on any atom is -0.366 e. The molecular formula is C19H19Cl2N3O2S. The first-order valence-corrected chi connectivity index (χ1v) is 10.3. The van der Waals surface area contributed by atoms with Crippen molar-refractivity contribution in [2.24, 2.45) is 0 Å². The third-order valence-corrected chi connectivity index (χ3v) is 6.59. The molecule has 0 amide bonds. The summed E-state index contributed by atoms with van der Waals surface area (Å²) in [5.41, 5.74) is 1.60. The van der Waals surface area contributed by atoms with Crippen LogP contribution in [-0.2, 0) is 9.84 Å². The van der Waals surface area contributed by atoms with Crippen LogP contribution in [0.25, 0.3) is 10.9 Å². The second-order valence-electron chi connectivity index (χ2n) is 6.19. The lowest BCUT2D eigenvalue weighted by atomic mass is 10.1. The Bertz CT molecular complexity index is 1050. The first-order chi connectivity index (χ1) is 12.6. The van der Waals surface area contributed by atoms with Crippen LogP contribution in [0.15, 0.2) is 64.5 Å². The summed E-state index contributed by atoms with van der Waals surface area (Å²) in [5, 5.41) is 4.71. The van der Waals surface area contributed by atoms with Gasteiger partial charge in [-0.1, -0.05) is 35.9 Å². The summed E-state index contributed by atoms with van der Waals surface area (Å²) in [5.74, 6) is 0. The highest BCUT2D eigenvalue weighted by molar-refractivity contribution is 7.91. The van der Waals surface area contributed by atoms with E-state index in [0.717, 1.165) is 42.8 Å². The maximum Gasteiger partial charge on any atom is 0.208 e. The van der Waals surface area contributed by atoms with Gasteiger partial charge in [-0.3, -0.25) is 4.98 Å². The molecule has 142 valence electrons. The van der Waals surface area contributed by atoms with Gasteiger partial charge in [0.05, 0.1) is 26.0 Å². The largest absolute Gasteiger partial charge is 0.366 e. The van der Waals surface area contributed by atoms with Crippen LogP contribution in [0.2, 0.25) is 5.02 Å². The van der Waals surface area contributed by atoms with Gasteiger partial charge in [0.15, 0.2) is 0 Å². The van der Waals surface area contributed by atoms with E-state index in [-0.39, 0.29) is 22.2 Å². The molecule has 0 bridgehead atoms. The van der Waals surface area contributed by atoms with Crippen molar-refractivity contribution in [2.75, 3.05) is 31.1 Å². The molecule has 4 rings (SSSR count). The normalized spacial score (nSPS) is 14.8. The molecule has 1 fully saturated rings. The second-order valence-corrected chi connectivity index (χ2v) is 8.55. The Morgan fingerprint density at radius 2 is 1.70 bits per heavy atom. The van der Waals surface area contributed by atoms with Crippen molar-refractivity contribution < 1.29 is 8.42 Å². The molecule has 27 heavy (non-hydrogen) atoms. The molecule has 0 radical (unpaired) electrons. The number of piperazine rings is 1. The zero-order chi connectivity index (χ0) is 18.1. The van der Waals surface area contributed by atoms with Crippen LogP contribution in [0.3, 0.4) is 0 Å². The van der Waals surface area contributed by atoms with Crippen molar-refractivity contribution in [1.29, 1.82) is 0 Å². The second kappa shape index (κ2) is 8.02. The molecule has 1 aliphatic heterocycles. The van der Waals surface area contributed by atoms with Gasteiger partial charge >= 0.3 is 0 Å². The van der Waals surface area contributed by atoms with Gasteiger partial charge < -0.3 is 10.2 Å². The van der Waals surface area contributed by atoms with E-state index in [2.05, 4.69) is 15.2 Å². The Hall–Kier alpha value is -1.86. The van der Waals surface area contributed by atoms with Crippen LogP contribution >= 0.6 is 24.0 Å². The monoisotopic (exact) mass is 423 g/mol. The van der Waals surface area contributed by atoms with E-state index in [0.29, 0.717) is 5.02 Å². The first-order valence-electron chi connectivity index (χ1n) is 8.41. The van der Waals surface area contributed by atoms with E-state index in [9.17, 15) is 8.42 Å². The summed E-state index contributed by atoms with van der Waals surface area (Å²) in [6, 6.07) is 13.7. The molecule has 8 heteroatoms. The van der Waals surface area contributed by atoms with Crippen molar-refractivity contribution in [2.45, 2.75) is 9.79 Å². The number of benzene rings is 2. The van der Waals surface area contributed by atoms with Gasteiger partial charge in [-0.2, -0.15) is 0 Å². The summed E-state index contributed by atoms with van der Waals surface area (Å²) in [6.45, 7) is 3.44. The summed E-state index contributed by atoms with van der Waals surface area (Å²) in [4.78, 5) is 7.12. The maximum absolute atomic E-state index is 12.8. The summed E-state index contributed by atoms with van der Waals surface area (Å²) < 4.78 is 25.7. The summed E-state index contributed by atoms with van der Waals surface area (Å²) in [6.07, 6.45) is 1.42. The molecule has 2 aromatic carbocycles. The van der Waals surface area contributed by atoms with E-state index in [1.54, 1.807) is 36.4 Å². The van der Waals surface area contributed by atoms with Gasteiger partial charge in [0, 0.05) is 37.8 Å². The Morgan fingerprint density at radius 1 is 1.00 bits per heavy atom. The fourth-order valence-electron chi connectivity index (χ4n) is 3.21. The smallest absolute Gasteiger partial charge is 0.208 e. The molecule has 0 aliphatic carbocycles. The zero-order valence-corrected chi connectivity index (χ0v) is 16.8. The molecule has 1 N–H and O–H groups in total. The maximum atomic E-state index is 12.8. The SMILES string of the molecule is Cl.O=S(=O)(c1ccccc1)c1cnc2c(N3CCNCC3)c(Cl)ccc2c1. The van der Waals surface area contributed by atoms with Crippen LogP contribution in [0.1, 0.15) is 0 Å². The number of aromatic nitrogens is 1. The van der Waals surface area contributed by atoms with E-state index in [4.69, 9.17) is 11.6 Å².